The summed E-state index contributed by atoms with van der Waals surface area (Å²) in [6, 6.07) is 1.81. The minimum atomic E-state index is -1.25. The highest BCUT2D eigenvalue weighted by Crippen LogP contribution is 2.12. The zero-order chi connectivity index (χ0) is 28.0. The van der Waals surface area contributed by atoms with E-state index in [1.807, 2.05) is 6.26 Å². The second-order valence-corrected chi connectivity index (χ2v) is 9.38. The molecule has 0 spiro atoms. The second kappa shape index (κ2) is 16.3. The molecule has 206 valence electrons. The van der Waals surface area contributed by atoms with Crippen molar-refractivity contribution in [1.29, 1.82) is 0 Å². The molecule has 0 saturated carbocycles. The van der Waals surface area contributed by atoms with Gasteiger partial charge < -0.3 is 43.4 Å². The van der Waals surface area contributed by atoms with Crippen molar-refractivity contribution in [2.75, 3.05) is 18.6 Å². The maximum atomic E-state index is 12.9. The van der Waals surface area contributed by atoms with E-state index in [9.17, 15) is 29.4 Å². The lowest BCUT2D eigenvalue weighted by atomic mass is 10.0. The highest BCUT2D eigenvalue weighted by atomic mass is 32.2. The predicted octanol–water partition coefficient (Wildman–Crippen LogP) is -1.37. The van der Waals surface area contributed by atoms with Gasteiger partial charge in [0, 0.05) is 13.0 Å². The Bertz CT molecular complexity index is 940. The minimum absolute atomic E-state index is 0.0158. The maximum Gasteiger partial charge on any atom is 0.326 e. The number of nitrogens with two attached hydrogens (primary N) is 3. The van der Waals surface area contributed by atoms with Crippen LogP contribution in [0.1, 0.15) is 31.7 Å². The molecule has 0 aliphatic rings. The number of nitrogens with one attached hydrogen (secondary N) is 3. The molecule has 0 aromatic heterocycles. The number of aliphatic imine (C=N–C) groups is 1. The van der Waals surface area contributed by atoms with Gasteiger partial charge in [-0.25, -0.2) is 4.79 Å². The van der Waals surface area contributed by atoms with Crippen molar-refractivity contribution in [2.45, 2.75) is 56.8 Å². The third-order valence-corrected chi connectivity index (χ3v) is 5.93. The molecule has 0 bridgehead atoms. The normalized spacial score (nSPS) is 13.9. The van der Waals surface area contributed by atoms with Crippen molar-refractivity contribution in [3.63, 3.8) is 0 Å². The number of carbonyl (C=O) groups is 4. The summed E-state index contributed by atoms with van der Waals surface area (Å²) in [6.07, 6.45) is 2.83. The fourth-order valence-corrected chi connectivity index (χ4v) is 3.65. The number of guanidine groups is 1. The number of carbonyl (C=O) groups excluding carboxylic acids is 3. The molecule has 1 rings (SSSR count). The molecule has 0 radical (unpaired) electrons. The zero-order valence-corrected chi connectivity index (χ0v) is 21.8. The molecule has 4 unspecified atom stereocenters. The van der Waals surface area contributed by atoms with Crippen molar-refractivity contribution in [1.82, 2.24) is 16.0 Å². The number of phenols is 1. The van der Waals surface area contributed by atoms with Crippen LogP contribution in [0, 0.1) is 0 Å². The number of phenolic OH excluding ortho intramolecular Hbond substituents is 1. The number of benzene rings is 1. The van der Waals surface area contributed by atoms with Gasteiger partial charge in [0.2, 0.25) is 17.7 Å². The van der Waals surface area contributed by atoms with E-state index in [0.717, 1.165) is 0 Å². The van der Waals surface area contributed by atoms with Gasteiger partial charge in [0.15, 0.2) is 5.96 Å². The summed E-state index contributed by atoms with van der Waals surface area (Å²) in [7, 11) is 0. The Morgan fingerprint density at radius 2 is 1.59 bits per heavy atom. The molecule has 11 N–H and O–H groups in total. The Hall–Kier alpha value is -3.52. The van der Waals surface area contributed by atoms with Gasteiger partial charge >= 0.3 is 5.97 Å². The molecule has 0 fully saturated rings. The summed E-state index contributed by atoms with van der Waals surface area (Å²) in [4.78, 5) is 53.5. The van der Waals surface area contributed by atoms with E-state index < -0.39 is 47.9 Å². The van der Waals surface area contributed by atoms with Crippen molar-refractivity contribution in [3.05, 3.63) is 29.8 Å². The van der Waals surface area contributed by atoms with Crippen LogP contribution in [0.5, 0.6) is 5.75 Å². The molecular formula is C23H37N7O6S. The van der Waals surface area contributed by atoms with Crippen LogP contribution in [0.3, 0.4) is 0 Å². The van der Waals surface area contributed by atoms with Crippen molar-refractivity contribution in [3.8, 4) is 5.75 Å². The number of aromatic hydroxyl groups is 1. The number of nitrogens with zero attached hydrogens (tertiary/aromatic N) is 1. The van der Waals surface area contributed by atoms with Gasteiger partial charge in [0.25, 0.3) is 0 Å². The van der Waals surface area contributed by atoms with Crippen molar-refractivity contribution < 1.29 is 29.4 Å². The molecule has 0 aliphatic carbocycles. The average Bonchev–Trinajstić information content (AvgIpc) is 2.84. The van der Waals surface area contributed by atoms with Gasteiger partial charge in [0.1, 0.15) is 23.9 Å². The molecule has 13 nitrogen and oxygen atoms in total. The van der Waals surface area contributed by atoms with Crippen LogP contribution >= 0.6 is 11.8 Å². The molecular weight excluding hydrogens is 502 g/mol. The van der Waals surface area contributed by atoms with E-state index in [2.05, 4.69) is 20.9 Å². The lowest BCUT2D eigenvalue weighted by molar-refractivity contribution is -0.142. The van der Waals surface area contributed by atoms with Crippen LogP contribution in [-0.2, 0) is 25.6 Å². The largest absolute Gasteiger partial charge is 0.508 e. The Morgan fingerprint density at radius 1 is 0.973 bits per heavy atom. The van der Waals surface area contributed by atoms with Crippen LogP contribution < -0.4 is 33.2 Å². The quantitative estimate of drug-likeness (QED) is 0.0696. The third kappa shape index (κ3) is 12.3. The summed E-state index contributed by atoms with van der Waals surface area (Å²) in [5.74, 6) is -2.57. The standard InChI is InChI=1S/C23H37N7O6S/c1-13(28-20(33)16(24)4-3-10-27-23(25)26)19(32)29-17(9-11-37-2)21(34)30-18(22(35)36)12-14-5-7-15(31)8-6-14/h5-8,13,16-18,31H,3-4,9-12,24H2,1-2H3,(H,28,33)(H,29,32)(H,30,34)(H,35,36)(H4,25,26,27). The number of rotatable bonds is 16. The highest BCUT2D eigenvalue weighted by Gasteiger charge is 2.28. The first kappa shape index (κ1) is 31.5. The van der Waals surface area contributed by atoms with E-state index in [4.69, 9.17) is 17.2 Å². The van der Waals surface area contributed by atoms with Gasteiger partial charge in [-0.15, -0.1) is 0 Å². The van der Waals surface area contributed by atoms with Crippen LogP contribution in [0.2, 0.25) is 0 Å². The van der Waals surface area contributed by atoms with Crippen LogP contribution in [0.15, 0.2) is 29.3 Å². The van der Waals surface area contributed by atoms with Crippen molar-refractivity contribution in [2.24, 2.45) is 22.2 Å². The summed E-state index contributed by atoms with van der Waals surface area (Å²) in [6.45, 7) is 1.77. The minimum Gasteiger partial charge on any atom is -0.508 e. The molecule has 37 heavy (non-hydrogen) atoms. The Labute approximate surface area is 220 Å². The number of aliphatic carboxylic acids is 1. The molecule has 4 atom stereocenters. The summed E-state index contributed by atoms with van der Waals surface area (Å²) >= 11 is 1.46. The van der Waals surface area contributed by atoms with Gasteiger partial charge in [-0.2, -0.15) is 11.8 Å². The Balaban J connectivity index is 2.74. The highest BCUT2D eigenvalue weighted by molar-refractivity contribution is 7.98. The second-order valence-electron chi connectivity index (χ2n) is 8.40. The van der Waals surface area contributed by atoms with Gasteiger partial charge in [0.05, 0.1) is 6.04 Å². The number of carboxylic acid groups (broad SMARTS) is 1. The number of hydrogen-bond donors (Lipinski definition) is 8. The molecule has 1 aromatic carbocycles. The number of amides is 3. The van der Waals surface area contributed by atoms with Crippen LogP contribution in [-0.4, -0.2) is 82.6 Å². The van der Waals surface area contributed by atoms with Crippen LogP contribution in [0.4, 0.5) is 0 Å². The zero-order valence-electron chi connectivity index (χ0n) is 21.0. The van der Waals surface area contributed by atoms with E-state index in [0.29, 0.717) is 30.7 Å². The van der Waals surface area contributed by atoms with Gasteiger partial charge in [-0.1, -0.05) is 12.1 Å². The first-order valence-corrected chi connectivity index (χ1v) is 13.1. The smallest absolute Gasteiger partial charge is 0.326 e. The monoisotopic (exact) mass is 539 g/mol. The Kier molecular flexibility index (Phi) is 13.9. The molecule has 0 saturated heterocycles. The fraction of sp³-hybridized carbons (Fsp3) is 0.522. The molecule has 0 heterocycles. The van der Waals surface area contributed by atoms with Gasteiger partial charge in [-0.05, 0) is 55.9 Å². The first-order valence-electron chi connectivity index (χ1n) is 11.7. The number of thioether (sulfide) groups is 1. The maximum absolute atomic E-state index is 12.9. The Morgan fingerprint density at radius 3 is 2.16 bits per heavy atom. The van der Waals surface area contributed by atoms with E-state index in [1.54, 1.807) is 12.1 Å². The SMILES string of the molecule is CSCCC(NC(=O)C(C)NC(=O)C(N)CCCN=C(N)N)C(=O)NC(Cc1ccc(O)cc1)C(=O)O. The predicted molar refractivity (Wildman–Crippen MR) is 142 cm³/mol. The number of hydrogen-bond acceptors (Lipinski definition) is 8. The van der Waals surface area contributed by atoms with Crippen LogP contribution in [0.25, 0.3) is 0 Å². The number of carboxylic acids is 1. The third-order valence-electron chi connectivity index (χ3n) is 5.29. The first-order chi connectivity index (χ1) is 17.4. The fourth-order valence-electron chi connectivity index (χ4n) is 3.18. The molecule has 0 aliphatic heterocycles. The average molecular weight is 540 g/mol. The van der Waals surface area contributed by atoms with Crippen molar-refractivity contribution >= 4 is 41.4 Å². The summed E-state index contributed by atoms with van der Waals surface area (Å²) in [5.41, 5.74) is 17.0. The molecule has 3 amide bonds. The summed E-state index contributed by atoms with van der Waals surface area (Å²) < 4.78 is 0. The lowest BCUT2D eigenvalue weighted by Gasteiger charge is -2.23. The molecule has 14 heteroatoms. The van der Waals surface area contributed by atoms with E-state index in [-0.39, 0.29) is 24.6 Å². The molecule has 1 aromatic rings. The van der Waals surface area contributed by atoms with E-state index >= 15 is 0 Å². The van der Waals surface area contributed by atoms with E-state index in [1.165, 1.54) is 30.8 Å². The summed E-state index contributed by atoms with van der Waals surface area (Å²) in [5, 5.41) is 26.6. The van der Waals surface area contributed by atoms with Gasteiger partial charge in [-0.3, -0.25) is 19.4 Å². The topological polar surface area (TPSA) is 235 Å². The lowest BCUT2D eigenvalue weighted by Crippen LogP contribution is -2.56.